The molecule has 0 amide bonds. The van der Waals surface area contributed by atoms with Crippen LogP contribution in [0.15, 0.2) is 54.6 Å². The lowest BCUT2D eigenvalue weighted by atomic mass is 10.00. The summed E-state index contributed by atoms with van der Waals surface area (Å²) in [4.78, 5) is 11.9. The second kappa shape index (κ2) is 5.02. The van der Waals surface area contributed by atoms with E-state index >= 15 is 0 Å². The molecule has 3 aromatic rings. The smallest absolute Gasteiger partial charge is 0.164 e. The molecule has 0 aromatic heterocycles. The fourth-order valence-corrected chi connectivity index (χ4v) is 2.52. The van der Waals surface area contributed by atoms with Crippen LogP contribution in [0.3, 0.4) is 0 Å². The average Bonchev–Trinajstić information content (AvgIpc) is 2.44. The standard InChI is InChI=1S/C17H13ClO/c18-8-7-17(19)15-6-5-14-9-12-3-1-2-4-13(12)10-16(14)11-15/h1-6,9-11H,7-8H2. The Morgan fingerprint density at radius 1 is 0.842 bits per heavy atom. The molecule has 2 heteroatoms. The monoisotopic (exact) mass is 268 g/mol. The number of fused-ring (bicyclic) bond motifs is 2. The van der Waals surface area contributed by atoms with Gasteiger partial charge in [0.1, 0.15) is 0 Å². The molecule has 0 N–H and O–H groups in total. The minimum atomic E-state index is 0.102. The van der Waals surface area contributed by atoms with Crippen LogP contribution in [-0.4, -0.2) is 11.7 Å². The number of Topliss-reactive ketones (excluding diaryl/α,β-unsaturated/α-hetero) is 1. The largest absolute Gasteiger partial charge is 0.294 e. The molecule has 0 aliphatic rings. The minimum absolute atomic E-state index is 0.102. The second-order valence-corrected chi connectivity index (χ2v) is 5.00. The van der Waals surface area contributed by atoms with E-state index in [1.165, 1.54) is 10.8 Å². The van der Waals surface area contributed by atoms with Crippen molar-refractivity contribution in [3.05, 3.63) is 60.2 Å². The van der Waals surface area contributed by atoms with Crippen LogP contribution in [0.4, 0.5) is 0 Å². The Labute approximate surface area is 116 Å². The average molecular weight is 269 g/mol. The van der Waals surface area contributed by atoms with Gasteiger partial charge in [0.25, 0.3) is 0 Å². The maximum absolute atomic E-state index is 11.9. The quantitative estimate of drug-likeness (QED) is 0.379. The molecular formula is C17H13ClO. The molecule has 0 radical (unpaired) electrons. The maximum atomic E-state index is 11.9. The van der Waals surface area contributed by atoms with Gasteiger partial charge in [0, 0.05) is 17.9 Å². The van der Waals surface area contributed by atoms with Crippen molar-refractivity contribution in [3.8, 4) is 0 Å². The molecule has 94 valence electrons. The third-order valence-electron chi connectivity index (χ3n) is 3.35. The first-order chi connectivity index (χ1) is 9.28. The topological polar surface area (TPSA) is 17.1 Å². The van der Waals surface area contributed by atoms with Crippen molar-refractivity contribution < 1.29 is 4.79 Å². The van der Waals surface area contributed by atoms with Gasteiger partial charge in [0.05, 0.1) is 0 Å². The number of carbonyl (C=O) groups is 1. The Hall–Kier alpha value is -1.86. The van der Waals surface area contributed by atoms with Gasteiger partial charge in [0.2, 0.25) is 0 Å². The molecule has 0 saturated carbocycles. The summed E-state index contributed by atoms with van der Waals surface area (Å²) in [5.74, 6) is 0.472. The molecule has 0 aliphatic carbocycles. The Bertz CT molecular complexity index is 761. The SMILES string of the molecule is O=C(CCCl)c1ccc2cc3ccccc3cc2c1. The third-order valence-corrected chi connectivity index (χ3v) is 3.54. The van der Waals surface area contributed by atoms with E-state index in [0.717, 1.165) is 16.3 Å². The molecule has 3 aromatic carbocycles. The molecule has 0 heterocycles. The zero-order valence-corrected chi connectivity index (χ0v) is 11.2. The molecule has 0 spiro atoms. The van der Waals surface area contributed by atoms with E-state index in [4.69, 9.17) is 11.6 Å². The molecule has 0 atom stereocenters. The lowest BCUT2D eigenvalue weighted by molar-refractivity contribution is 0.0989. The number of carbonyl (C=O) groups excluding carboxylic acids is 1. The van der Waals surface area contributed by atoms with Gasteiger partial charge in [0.15, 0.2) is 5.78 Å². The van der Waals surface area contributed by atoms with Crippen molar-refractivity contribution in [2.75, 3.05) is 5.88 Å². The van der Waals surface area contributed by atoms with E-state index in [1.54, 1.807) is 0 Å². The highest BCUT2D eigenvalue weighted by molar-refractivity contribution is 6.19. The lowest BCUT2D eigenvalue weighted by Crippen LogP contribution is -1.99. The van der Waals surface area contributed by atoms with E-state index in [0.29, 0.717) is 12.3 Å². The van der Waals surface area contributed by atoms with Crippen LogP contribution < -0.4 is 0 Å². The van der Waals surface area contributed by atoms with Crippen LogP contribution in [0.5, 0.6) is 0 Å². The van der Waals surface area contributed by atoms with Crippen molar-refractivity contribution in [2.24, 2.45) is 0 Å². The number of rotatable bonds is 3. The van der Waals surface area contributed by atoms with E-state index < -0.39 is 0 Å². The van der Waals surface area contributed by atoms with E-state index in [2.05, 4.69) is 24.3 Å². The summed E-state index contributed by atoms with van der Waals surface area (Å²) in [5, 5.41) is 4.66. The minimum Gasteiger partial charge on any atom is -0.294 e. The normalized spacial score (nSPS) is 11.0. The van der Waals surface area contributed by atoms with Crippen LogP contribution >= 0.6 is 11.6 Å². The molecule has 0 fully saturated rings. The number of benzene rings is 3. The van der Waals surface area contributed by atoms with Crippen molar-refractivity contribution in [2.45, 2.75) is 6.42 Å². The Morgan fingerprint density at radius 3 is 2.16 bits per heavy atom. The van der Waals surface area contributed by atoms with Gasteiger partial charge in [-0.2, -0.15) is 0 Å². The highest BCUT2D eigenvalue weighted by Gasteiger charge is 2.06. The van der Waals surface area contributed by atoms with Crippen molar-refractivity contribution in [1.29, 1.82) is 0 Å². The summed E-state index contributed by atoms with van der Waals surface area (Å²) in [6.45, 7) is 0. The maximum Gasteiger partial charge on any atom is 0.164 e. The summed E-state index contributed by atoms with van der Waals surface area (Å²) >= 11 is 5.62. The summed E-state index contributed by atoms with van der Waals surface area (Å²) in [5.41, 5.74) is 0.739. The predicted molar refractivity (Wildman–Crippen MR) is 81.1 cm³/mol. The van der Waals surface area contributed by atoms with Crippen molar-refractivity contribution in [3.63, 3.8) is 0 Å². The highest BCUT2D eigenvalue weighted by Crippen LogP contribution is 2.24. The first-order valence-corrected chi connectivity index (χ1v) is 6.83. The number of hydrogen-bond acceptors (Lipinski definition) is 1. The van der Waals surface area contributed by atoms with Gasteiger partial charge < -0.3 is 0 Å². The first-order valence-electron chi connectivity index (χ1n) is 6.30. The van der Waals surface area contributed by atoms with E-state index in [-0.39, 0.29) is 5.78 Å². The van der Waals surface area contributed by atoms with Crippen LogP contribution in [0.2, 0.25) is 0 Å². The molecule has 1 nitrogen and oxygen atoms in total. The number of halogens is 1. The zero-order valence-electron chi connectivity index (χ0n) is 10.4. The Balaban J connectivity index is 2.16. The van der Waals surface area contributed by atoms with E-state index in [9.17, 15) is 4.79 Å². The number of alkyl halides is 1. The number of ketones is 1. The molecule has 19 heavy (non-hydrogen) atoms. The van der Waals surface area contributed by atoms with Gasteiger partial charge in [-0.3, -0.25) is 4.79 Å². The van der Waals surface area contributed by atoms with Gasteiger partial charge in [-0.1, -0.05) is 36.4 Å². The highest BCUT2D eigenvalue weighted by atomic mass is 35.5. The van der Waals surface area contributed by atoms with Crippen LogP contribution in [-0.2, 0) is 0 Å². The molecule has 0 bridgehead atoms. The molecule has 0 saturated heterocycles. The van der Waals surface area contributed by atoms with Crippen LogP contribution in [0, 0.1) is 0 Å². The van der Waals surface area contributed by atoms with Crippen LogP contribution in [0.25, 0.3) is 21.5 Å². The Morgan fingerprint density at radius 2 is 1.47 bits per heavy atom. The summed E-state index contributed by atoms with van der Waals surface area (Å²) in [6.07, 6.45) is 0.390. The Kier molecular flexibility index (Phi) is 3.22. The summed E-state index contributed by atoms with van der Waals surface area (Å²) in [6, 6.07) is 18.4. The second-order valence-electron chi connectivity index (χ2n) is 4.62. The molecule has 0 unspecified atom stereocenters. The number of hydrogen-bond donors (Lipinski definition) is 0. The van der Waals surface area contributed by atoms with Gasteiger partial charge in [-0.05, 0) is 39.7 Å². The molecular weight excluding hydrogens is 256 g/mol. The zero-order chi connectivity index (χ0) is 13.2. The van der Waals surface area contributed by atoms with E-state index in [1.807, 2.05) is 30.3 Å². The fraction of sp³-hybridized carbons (Fsp3) is 0.118. The van der Waals surface area contributed by atoms with Gasteiger partial charge in [-0.15, -0.1) is 11.6 Å². The first kappa shape index (κ1) is 12.2. The third kappa shape index (κ3) is 2.34. The van der Waals surface area contributed by atoms with Gasteiger partial charge in [-0.25, -0.2) is 0 Å². The fourth-order valence-electron chi connectivity index (χ4n) is 2.34. The van der Waals surface area contributed by atoms with Crippen molar-refractivity contribution in [1.82, 2.24) is 0 Å². The van der Waals surface area contributed by atoms with Crippen LogP contribution in [0.1, 0.15) is 16.8 Å². The predicted octanol–water partition coefficient (Wildman–Crippen LogP) is 4.80. The van der Waals surface area contributed by atoms with Crippen molar-refractivity contribution >= 4 is 38.9 Å². The molecule has 3 rings (SSSR count). The summed E-state index contributed by atoms with van der Waals surface area (Å²) in [7, 11) is 0. The summed E-state index contributed by atoms with van der Waals surface area (Å²) < 4.78 is 0. The lowest BCUT2D eigenvalue weighted by Gasteiger charge is -2.05. The van der Waals surface area contributed by atoms with Gasteiger partial charge >= 0.3 is 0 Å². The molecule has 0 aliphatic heterocycles.